The Hall–Kier alpha value is -2.77. The van der Waals surface area contributed by atoms with E-state index in [1.165, 1.54) is 11.1 Å². The lowest BCUT2D eigenvalue weighted by atomic mass is 9.85. The lowest BCUT2D eigenvalue weighted by Gasteiger charge is -2.27. The third-order valence-corrected chi connectivity index (χ3v) is 6.02. The van der Waals surface area contributed by atoms with Crippen LogP contribution in [-0.4, -0.2) is 46.2 Å². The summed E-state index contributed by atoms with van der Waals surface area (Å²) in [5.41, 5.74) is 4.70. The number of hydrogen-bond acceptors (Lipinski definition) is 6. The van der Waals surface area contributed by atoms with Crippen LogP contribution in [0.3, 0.4) is 0 Å². The maximum atomic E-state index is 5.58. The molecule has 0 bridgehead atoms. The van der Waals surface area contributed by atoms with Gasteiger partial charge in [-0.3, -0.25) is 4.98 Å². The molecule has 2 fully saturated rings. The van der Waals surface area contributed by atoms with Gasteiger partial charge in [0.05, 0.1) is 11.9 Å². The van der Waals surface area contributed by atoms with Crippen molar-refractivity contribution in [2.24, 2.45) is 0 Å². The number of benzene rings is 1. The molecule has 1 aromatic carbocycles. The molecule has 4 heterocycles. The van der Waals surface area contributed by atoms with Crippen LogP contribution >= 0.6 is 0 Å². The highest BCUT2D eigenvalue weighted by Crippen LogP contribution is 2.35. The van der Waals surface area contributed by atoms with Gasteiger partial charge in [0, 0.05) is 38.3 Å². The zero-order valence-corrected chi connectivity index (χ0v) is 17.0. The van der Waals surface area contributed by atoms with Gasteiger partial charge in [-0.05, 0) is 72.9 Å². The first-order valence-electron chi connectivity index (χ1n) is 10.7. The number of hydrogen-bond donors (Lipinski definition) is 1. The van der Waals surface area contributed by atoms with E-state index in [2.05, 4.69) is 38.6 Å². The molecule has 0 unspecified atom stereocenters. The van der Waals surface area contributed by atoms with Gasteiger partial charge in [0.25, 0.3) is 0 Å². The van der Waals surface area contributed by atoms with Gasteiger partial charge in [0.15, 0.2) is 0 Å². The van der Waals surface area contributed by atoms with E-state index in [-0.39, 0.29) is 0 Å². The van der Waals surface area contributed by atoms with Gasteiger partial charge >= 0.3 is 0 Å². The smallest absolute Gasteiger partial charge is 0.246 e. The minimum Gasteiger partial charge on any atom is -0.381 e. The standard InChI is InChI=1S/C23H27N5O2/c1-2-22(15-24-7-1)28-16-25-23(27-28)26-21-13-19(17-3-8-29-9-4-17)12-20(14-21)18-5-10-30-11-6-18/h1-2,7,12-18H,3-6,8-11H2,(H,26,27). The molecule has 0 amide bonds. The van der Waals surface area contributed by atoms with Crippen LogP contribution < -0.4 is 5.32 Å². The molecule has 0 radical (unpaired) electrons. The fourth-order valence-corrected chi connectivity index (χ4v) is 4.35. The summed E-state index contributed by atoms with van der Waals surface area (Å²) < 4.78 is 12.9. The molecule has 2 saturated heterocycles. The second-order valence-corrected chi connectivity index (χ2v) is 8.01. The first kappa shape index (κ1) is 19.2. The molecule has 5 rings (SSSR count). The van der Waals surface area contributed by atoms with Crippen molar-refractivity contribution in [2.45, 2.75) is 37.5 Å². The molecule has 2 aromatic heterocycles. The lowest BCUT2D eigenvalue weighted by Crippen LogP contribution is -2.17. The second-order valence-electron chi connectivity index (χ2n) is 8.01. The monoisotopic (exact) mass is 405 g/mol. The van der Waals surface area contributed by atoms with Gasteiger partial charge in [-0.1, -0.05) is 6.07 Å². The van der Waals surface area contributed by atoms with E-state index < -0.39 is 0 Å². The van der Waals surface area contributed by atoms with Crippen molar-refractivity contribution in [3.63, 3.8) is 0 Å². The molecule has 0 saturated carbocycles. The number of anilines is 2. The molecule has 0 aliphatic carbocycles. The molecular formula is C23H27N5O2. The van der Waals surface area contributed by atoms with Gasteiger partial charge in [0.2, 0.25) is 5.95 Å². The van der Waals surface area contributed by atoms with Crippen molar-refractivity contribution in [2.75, 3.05) is 31.7 Å². The Bertz CT molecular complexity index is 926. The Balaban J connectivity index is 1.42. The van der Waals surface area contributed by atoms with E-state index >= 15 is 0 Å². The summed E-state index contributed by atoms with van der Waals surface area (Å²) in [5.74, 6) is 1.67. The molecule has 0 atom stereocenters. The average Bonchev–Trinajstić information content (AvgIpc) is 3.29. The van der Waals surface area contributed by atoms with Gasteiger partial charge in [-0.25, -0.2) is 4.68 Å². The fraction of sp³-hybridized carbons (Fsp3) is 0.435. The number of pyridine rings is 1. The van der Waals surface area contributed by atoms with Crippen LogP contribution in [0, 0.1) is 0 Å². The highest BCUT2D eigenvalue weighted by atomic mass is 16.5. The number of aromatic nitrogens is 4. The topological polar surface area (TPSA) is 74.1 Å². The van der Waals surface area contributed by atoms with Crippen molar-refractivity contribution < 1.29 is 9.47 Å². The van der Waals surface area contributed by atoms with E-state index in [0.717, 1.165) is 63.5 Å². The predicted molar refractivity (Wildman–Crippen MR) is 114 cm³/mol. The van der Waals surface area contributed by atoms with E-state index in [4.69, 9.17) is 9.47 Å². The summed E-state index contributed by atoms with van der Waals surface area (Å²) in [6.45, 7) is 3.36. The molecule has 30 heavy (non-hydrogen) atoms. The molecule has 156 valence electrons. The Morgan fingerprint density at radius 3 is 2.17 bits per heavy atom. The Morgan fingerprint density at radius 1 is 0.900 bits per heavy atom. The average molecular weight is 406 g/mol. The maximum absolute atomic E-state index is 5.58. The van der Waals surface area contributed by atoms with Crippen molar-refractivity contribution in [1.29, 1.82) is 0 Å². The van der Waals surface area contributed by atoms with Crippen LogP contribution in [0.4, 0.5) is 11.6 Å². The molecule has 2 aliphatic rings. The van der Waals surface area contributed by atoms with Gasteiger partial charge in [-0.15, -0.1) is 5.10 Å². The van der Waals surface area contributed by atoms with Crippen LogP contribution in [0.2, 0.25) is 0 Å². The van der Waals surface area contributed by atoms with Crippen LogP contribution in [0.25, 0.3) is 5.69 Å². The highest BCUT2D eigenvalue weighted by Gasteiger charge is 2.21. The molecule has 1 N–H and O–H groups in total. The molecule has 2 aliphatic heterocycles. The van der Waals surface area contributed by atoms with E-state index in [1.807, 2.05) is 12.1 Å². The Labute approximate surface area is 176 Å². The zero-order chi connectivity index (χ0) is 20.2. The summed E-state index contributed by atoms with van der Waals surface area (Å²) in [4.78, 5) is 8.60. The van der Waals surface area contributed by atoms with Crippen molar-refractivity contribution in [3.8, 4) is 5.69 Å². The Morgan fingerprint density at radius 2 is 1.57 bits per heavy atom. The minimum atomic E-state index is 0.542. The van der Waals surface area contributed by atoms with Gasteiger partial charge in [0.1, 0.15) is 6.33 Å². The first-order chi connectivity index (χ1) is 14.8. The third kappa shape index (κ3) is 4.37. The van der Waals surface area contributed by atoms with Crippen molar-refractivity contribution in [3.05, 3.63) is 60.2 Å². The molecule has 7 nitrogen and oxygen atoms in total. The summed E-state index contributed by atoms with van der Waals surface area (Å²) in [6.07, 6.45) is 9.53. The van der Waals surface area contributed by atoms with Gasteiger partial charge < -0.3 is 14.8 Å². The molecule has 7 heteroatoms. The molecule has 3 aromatic rings. The lowest BCUT2D eigenvalue weighted by molar-refractivity contribution is 0.0841. The first-order valence-corrected chi connectivity index (χ1v) is 10.7. The highest BCUT2D eigenvalue weighted by molar-refractivity contribution is 5.57. The van der Waals surface area contributed by atoms with E-state index in [1.54, 1.807) is 23.4 Å². The summed E-state index contributed by atoms with van der Waals surface area (Å²) in [7, 11) is 0. The number of nitrogens with zero attached hydrogens (tertiary/aromatic N) is 4. The fourth-order valence-electron chi connectivity index (χ4n) is 4.35. The Kier molecular flexibility index (Phi) is 5.72. The van der Waals surface area contributed by atoms with Crippen LogP contribution in [0.15, 0.2) is 49.1 Å². The summed E-state index contributed by atoms with van der Waals surface area (Å²) in [5, 5.41) is 8.00. The van der Waals surface area contributed by atoms with Gasteiger partial charge in [-0.2, -0.15) is 4.98 Å². The summed E-state index contributed by atoms with van der Waals surface area (Å²) >= 11 is 0. The SMILES string of the molecule is c1cncc(-n2cnc(Nc3cc(C4CCOCC4)cc(C4CCOCC4)c3)n2)c1. The zero-order valence-electron chi connectivity index (χ0n) is 17.0. The largest absolute Gasteiger partial charge is 0.381 e. The quantitative estimate of drug-likeness (QED) is 0.686. The number of ether oxygens (including phenoxy) is 2. The predicted octanol–water partition coefficient (Wildman–Crippen LogP) is 4.19. The molecular weight excluding hydrogens is 378 g/mol. The van der Waals surface area contributed by atoms with Crippen molar-refractivity contribution in [1.82, 2.24) is 19.7 Å². The normalized spacial score (nSPS) is 18.4. The van der Waals surface area contributed by atoms with E-state index in [9.17, 15) is 0 Å². The van der Waals surface area contributed by atoms with Crippen molar-refractivity contribution >= 4 is 11.6 Å². The van der Waals surface area contributed by atoms with Crippen LogP contribution in [0.1, 0.15) is 48.6 Å². The number of rotatable bonds is 5. The maximum Gasteiger partial charge on any atom is 0.246 e. The summed E-state index contributed by atoms with van der Waals surface area (Å²) in [6, 6.07) is 10.8. The minimum absolute atomic E-state index is 0.542. The van der Waals surface area contributed by atoms with Crippen LogP contribution in [0.5, 0.6) is 0 Å². The molecule has 0 spiro atoms. The van der Waals surface area contributed by atoms with Crippen LogP contribution in [-0.2, 0) is 9.47 Å². The third-order valence-electron chi connectivity index (χ3n) is 6.02. The number of nitrogens with one attached hydrogen (secondary N) is 1. The second kappa shape index (κ2) is 8.93. The van der Waals surface area contributed by atoms with E-state index in [0.29, 0.717) is 17.8 Å².